The van der Waals surface area contributed by atoms with Gasteiger partial charge in [0.05, 0.1) is 6.04 Å². The summed E-state index contributed by atoms with van der Waals surface area (Å²) in [6.07, 6.45) is 2.98. The first-order valence-electron chi connectivity index (χ1n) is 4.43. The summed E-state index contributed by atoms with van der Waals surface area (Å²) in [7, 11) is 2.06. The topological polar surface area (TPSA) is 46.3 Å². The summed E-state index contributed by atoms with van der Waals surface area (Å²) in [4.78, 5) is 12.6. The number of carbonyl (C=O) groups is 1. The third-order valence-corrected chi connectivity index (χ3v) is 2.52. The van der Waals surface area contributed by atoms with Crippen LogP contribution in [0.5, 0.6) is 0 Å². The van der Waals surface area contributed by atoms with Gasteiger partial charge in [-0.2, -0.15) is 0 Å². The zero-order valence-corrected chi connectivity index (χ0v) is 7.56. The number of likely N-dealkylation sites (tertiary alicyclic amines) is 1. The van der Waals surface area contributed by atoms with Crippen LogP contribution in [-0.4, -0.2) is 29.9 Å². The standard InChI is InChI=1S/C9H12N2O2/c1-11-4-2-3-8(11)9-5-7(6-12)10-13-9/h5-6,8H,2-4H2,1H3. The van der Waals surface area contributed by atoms with Gasteiger partial charge < -0.3 is 4.52 Å². The minimum absolute atomic E-state index is 0.307. The molecule has 4 heteroatoms. The highest BCUT2D eigenvalue weighted by Crippen LogP contribution is 2.30. The lowest BCUT2D eigenvalue weighted by Crippen LogP contribution is -2.16. The lowest BCUT2D eigenvalue weighted by molar-refractivity contribution is 0.111. The van der Waals surface area contributed by atoms with Gasteiger partial charge in [-0.15, -0.1) is 0 Å². The molecule has 2 heterocycles. The predicted octanol–water partition coefficient (Wildman–Crippen LogP) is 1.25. The van der Waals surface area contributed by atoms with Crippen LogP contribution in [0.25, 0.3) is 0 Å². The molecule has 1 saturated heterocycles. The van der Waals surface area contributed by atoms with Crippen LogP contribution in [0.15, 0.2) is 10.6 Å². The van der Waals surface area contributed by atoms with E-state index in [-0.39, 0.29) is 0 Å². The van der Waals surface area contributed by atoms with Crippen molar-refractivity contribution in [2.24, 2.45) is 0 Å². The Bertz CT molecular complexity index is 308. The molecule has 0 aliphatic carbocycles. The Morgan fingerprint density at radius 3 is 3.15 bits per heavy atom. The van der Waals surface area contributed by atoms with Gasteiger partial charge in [-0.25, -0.2) is 0 Å². The minimum atomic E-state index is 0.307. The van der Waals surface area contributed by atoms with Gasteiger partial charge in [-0.05, 0) is 26.4 Å². The summed E-state index contributed by atoms with van der Waals surface area (Å²) >= 11 is 0. The molecule has 2 rings (SSSR count). The van der Waals surface area contributed by atoms with Crippen molar-refractivity contribution in [1.82, 2.24) is 10.1 Å². The molecule has 4 nitrogen and oxygen atoms in total. The second kappa shape index (κ2) is 3.30. The Balaban J connectivity index is 2.19. The van der Waals surface area contributed by atoms with E-state index >= 15 is 0 Å². The van der Waals surface area contributed by atoms with Gasteiger partial charge in [0.2, 0.25) is 0 Å². The third-order valence-electron chi connectivity index (χ3n) is 2.52. The lowest BCUT2D eigenvalue weighted by atomic mass is 10.1. The molecule has 0 aromatic carbocycles. The van der Waals surface area contributed by atoms with Gasteiger partial charge in [0.1, 0.15) is 5.69 Å². The van der Waals surface area contributed by atoms with E-state index in [1.807, 2.05) is 0 Å². The van der Waals surface area contributed by atoms with Crippen LogP contribution in [0.3, 0.4) is 0 Å². The average molecular weight is 180 g/mol. The van der Waals surface area contributed by atoms with Crippen molar-refractivity contribution in [2.75, 3.05) is 13.6 Å². The Hall–Kier alpha value is -1.16. The fourth-order valence-electron chi connectivity index (χ4n) is 1.79. The highest BCUT2D eigenvalue weighted by molar-refractivity contribution is 5.71. The monoisotopic (exact) mass is 180 g/mol. The van der Waals surface area contributed by atoms with Crippen molar-refractivity contribution in [3.05, 3.63) is 17.5 Å². The van der Waals surface area contributed by atoms with Crippen molar-refractivity contribution in [2.45, 2.75) is 18.9 Å². The van der Waals surface area contributed by atoms with Crippen LogP contribution < -0.4 is 0 Å². The number of aldehydes is 1. The van der Waals surface area contributed by atoms with Gasteiger partial charge in [0.15, 0.2) is 12.0 Å². The molecule has 13 heavy (non-hydrogen) atoms. The predicted molar refractivity (Wildman–Crippen MR) is 46.5 cm³/mol. The van der Waals surface area contributed by atoms with Crippen LogP contribution in [0, 0.1) is 0 Å². The van der Waals surface area contributed by atoms with E-state index in [2.05, 4.69) is 17.1 Å². The summed E-state index contributed by atoms with van der Waals surface area (Å²) in [6.45, 7) is 1.09. The van der Waals surface area contributed by atoms with E-state index in [4.69, 9.17) is 4.52 Å². The minimum Gasteiger partial charge on any atom is -0.359 e. The molecule has 1 unspecified atom stereocenters. The number of aromatic nitrogens is 1. The fourth-order valence-corrected chi connectivity index (χ4v) is 1.79. The van der Waals surface area contributed by atoms with E-state index in [0.717, 1.165) is 18.7 Å². The molecule has 0 spiro atoms. The third kappa shape index (κ3) is 1.49. The summed E-state index contributed by atoms with van der Waals surface area (Å²) in [5, 5.41) is 3.64. The molecule has 70 valence electrons. The highest BCUT2D eigenvalue weighted by Gasteiger charge is 2.25. The Labute approximate surface area is 76.5 Å². The van der Waals surface area contributed by atoms with Gasteiger partial charge in [0.25, 0.3) is 0 Å². The summed E-state index contributed by atoms with van der Waals surface area (Å²) in [6, 6.07) is 2.03. The molecule has 1 atom stereocenters. The summed E-state index contributed by atoms with van der Waals surface area (Å²) in [5.41, 5.74) is 0.385. The second-order valence-electron chi connectivity index (χ2n) is 3.41. The number of hydrogen-bond donors (Lipinski definition) is 0. The molecule has 0 amide bonds. The molecule has 1 fully saturated rings. The maximum Gasteiger partial charge on any atom is 0.171 e. The van der Waals surface area contributed by atoms with E-state index in [0.29, 0.717) is 18.0 Å². The average Bonchev–Trinajstić information content (AvgIpc) is 2.71. The molecule has 0 bridgehead atoms. The van der Waals surface area contributed by atoms with Crippen molar-refractivity contribution >= 4 is 6.29 Å². The summed E-state index contributed by atoms with van der Waals surface area (Å²) in [5.74, 6) is 0.808. The molecular formula is C9H12N2O2. The van der Waals surface area contributed by atoms with Crippen LogP contribution in [0.1, 0.15) is 35.1 Å². The van der Waals surface area contributed by atoms with Crippen LogP contribution in [0.4, 0.5) is 0 Å². The molecule has 1 aromatic rings. The zero-order valence-electron chi connectivity index (χ0n) is 7.56. The molecule has 0 N–H and O–H groups in total. The van der Waals surface area contributed by atoms with Crippen molar-refractivity contribution in [1.29, 1.82) is 0 Å². The number of nitrogens with zero attached hydrogens (tertiary/aromatic N) is 2. The maximum atomic E-state index is 10.4. The Morgan fingerprint density at radius 1 is 1.77 bits per heavy atom. The van der Waals surface area contributed by atoms with Crippen molar-refractivity contribution < 1.29 is 9.32 Å². The van der Waals surface area contributed by atoms with Gasteiger partial charge in [-0.3, -0.25) is 9.69 Å². The molecule has 0 radical (unpaired) electrons. The normalized spacial score (nSPS) is 23.6. The molecule has 1 aliphatic rings. The van der Waals surface area contributed by atoms with E-state index < -0.39 is 0 Å². The smallest absolute Gasteiger partial charge is 0.171 e. The van der Waals surface area contributed by atoms with Crippen molar-refractivity contribution in [3.8, 4) is 0 Å². The van der Waals surface area contributed by atoms with Crippen LogP contribution in [0.2, 0.25) is 0 Å². The Morgan fingerprint density at radius 2 is 2.62 bits per heavy atom. The molecule has 1 aromatic heterocycles. The van der Waals surface area contributed by atoms with Crippen LogP contribution in [-0.2, 0) is 0 Å². The number of carbonyl (C=O) groups excluding carboxylic acids is 1. The highest BCUT2D eigenvalue weighted by atomic mass is 16.5. The van der Waals surface area contributed by atoms with Gasteiger partial charge >= 0.3 is 0 Å². The SMILES string of the molecule is CN1CCCC1c1cc(C=O)no1. The van der Waals surface area contributed by atoms with Crippen molar-refractivity contribution in [3.63, 3.8) is 0 Å². The van der Waals surface area contributed by atoms with E-state index in [9.17, 15) is 4.79 Å². The number of rotatable bonds is 2. The largest absolute Gasteiger partial charge is 0.359 e. The first-order chi connectivity index (χ1) is 6.31. The van der Waals surface area contributed by atoms with Gasteiger partial charge in [0, 0.05) is 6.07 Å². The first-order valence-corrected chi connectivity index (χ1v) is 4.43. The fraction of sp³-hybridized carbons (Fsp3) is 0.556. The Kier molecular flexibility index (Phi) is 2.14. The second-order valence-corrected chi connectivity index (χ2v) is 3.41. The summed E-state index contributed by atoms with van der Waals surface area (Å²) < 4.78 is 5.09. The first kappa shape index (κ1) is 8.44. The lowest BCUT2D eigenvalue weighted by Gasteiger charge is -2.15. The maximum absolute atomic E-state index is 10.4. The van der Waals surface area contributed by atoms with Gasteiger partial charge in [-0.1, -0.05) is 5.16 Å². The zero-order chi connectivity index (χ0) is 9.26. The van der Waals surface area contributed by atoms with E-state index in [1.165, 1.54) is 6.42 Å². The molecular weight excluding hydrogens is 168 g/mol. The molecule has 0 saturated carbocycles. The molecule has 1 aliphatic heterocycles. The number of hydrogen-bond acceptors (Lipinski definition) is 4. The van der Waals surface area contributed by atoms with E-state index in [1.54, 1.807) is 6.07 Å². The quantitative estimate of drug-likeness (QED) is 0.643. The van der Waals surface area contributed by atoms with Crippen LogP contribution >= 0.6 is 0 Å².